The first-order chi connectivity index (χ1) is 8.36. The third-order valence-electron chi connectivity index (χ3n) is 2.40. The first-order valence-corrected chi connectivity index (χ1v) is 5.35. The number of nitriles is 1. The molecule has 1 aromatic rings. The molecule has 1 atom stereocenters. The molecule has 1 heterocycles. The Labute approximate surface area is 102 Å². The van der Waals surface area contributed by atoms with Crippen LogP contribution in [0.15, 0.2) is 15.8 Å². The van der Waals surface area contributed by atoms with Gasteiger partial charge in [0.2, 0.25) is 0 Å². The number of nitrogens with zero attached hydrogens (tertiary/aromatic N) is 2. The van der Waals surface area contributed by atoms with Crippen LogP contribution < -0.4 is 11.2 Å². The summed E-state index contributed by atoms with van der Waals surface area (Å²) in [5.74, 6) is -1.13. The van der Waals surface area contributed by atoms with Crippen molar-refractivity contribution in [1.82, 2.24) is 9.55 Å². The molecule has 18 heavy (non-hydrogen) atoms. The number of nitrogens with one attached hydrogen (secondary N) is 1. The molecule has 0 aromatic carbocycles. The molecule has 96 valence electrons. The minimum absolute atomic E-state index is 0.0514. The standard InChI is InChI=1S/C11H13N3O4/c1-6(2)3-8(10(16)17)14-5-7(4-12)9(15)13-11(14)18/h5-6,8H,3H2,1-2H3,(H,16,17)(H,13,15,18)/t8-/m1/s1. The molecule has 0 saturated heterocycles. The molecule has 0 saturated carbocycles. The van der Waals surface area contributed by atoms with Crippen molar-refractivity contribution in [3.8, 4) is 6.07 Å². The summed E-state index contributed by atoms with van der Waals surface area (Å²) in [5.41, 5.74) is -1.93. The zero-order valence-electron chi connectivity index (χ0n) is 10.0. The molecule has 7 nitrogen and oxygen atoms in total. The summed E-state index contributed by atoms with van der Waals surface area (Å²) >= 11 is 0. The van der Waals surface area contributed by atoms with E-state index in [1.807, 2.05) is 18.8 Å². The number of rotatable bonds is 4. The fourth-order valence-electron chi connectivity index (χ4n) is 1.58. The molecule has 1 aromatic heterocycles. The van der Waals surface area contributed by atoms with Gasteiger partial charge in [0, 0.05) is 6.20 Å². The van der Waals surface area contributed by atoms with Crippen LogP contribution in [0.5, 0.6) is 0 Å². The van der Waals surface area contributed by atoms with Crippen LogP contribution in [0, 0.1) is 17.2 Å². The van der Waals surface area contributed by atoms with Gasteiger partial charge in [0.1, 0.15) is 17.7 Å². The summed E-state index contributed by atoms with van der Waals surface area (Å²) in [7, 11) is 0. The van der Waals surface area contributed by atoms with E-state index in [0.29, 0.717) is 0 Å². The largest absolute Gasteiger partial charge is 0.480 e. The quantitative estimate of drug-likeness (QED) is 0.786. The van der Waals surface area contributed by atoms with Gasteiger partial charge < -0.3 is 5.11 Å². The van der Waals surface area contributed by atoms with E-state index in [1.54, 1.807) is 6.07 Å². The molecule has 0 spiro atoms. The average molecular weight is 251 g/mol. The number of hydrogen-bond acceptors (Lipinski definition) is 4. The number of carboxylic acid groups (broad SMARTS) is 1. The van der Waals surface area contributed by atoms with Crippen molar-refractivity contribution in [2.24, 2.45) is 5.92 Å². The lowest BCUT2D eigenvalue weighted by Gasteiger charge is -2.17. The zero-order valence-corrected chi connectivity index (χ0v) is 10.0. The summed E-state index contributed by atoms with van der Waals surface area (Å²) in [6.45, 7) is 3.63. The van der Waals surface area contributed by atoms with E-state index >= 15 is 0 Å². The Hall–Kier alpha value is -2.36. The second-order valence-corrected chi connectivity index (χ2v) is 4.30. The maximum absolute atomic E-state index is 11.6. The highest BCUT2D eigenvalue weighted by Crippen LogP contribution is 2.15. The minimum Gasteiger partial charge on any atom is -0.480 e. The second-order valence-electron chi connectivity index (χ2n) is 4.30. The lowest BCUT2D eigenvalue weighted by atomic mass is 10.0. The third-order valence-corrected chi connectivity index (χ3v) is 2.40. The predicted molar refractivity (Wildman–Crippen MR) is 62.2 cm³/mol. The van der Waals surface area contributed by atoms with Gasteiger partial charge >= 0.3 is 11.7 Å². The van der Waals surface area contributed by atoms with Crippen molar-refractivity contribution < 1.29 is 9.90 Å². The van der Waals surface area contributed by atoms with Crippen molar-refractivity contribution in [2.45, 2.75) is 26.3 Å². The number of H-pyrrole nitrogens is 1. The van der Waals surface area contributed by atoms with E-state index in [4.69, 9.17) is 10.4 Å². The highest BCUT2D eigenvalue weighted by Gasteiger charge is 2.23. The zero-order chi connectivity index (χ0) is 13.9. The smallest absolute Gasteiger partial charge is 0.329 e. The minimum atomic E-state index is -1.18. The molecule has 0 bridgehead atoms. The molecule has 0 unspecified atom stereocenters. The van der Waals surface area contributed by atoms with Crippen molar-refractivity contribution in [1.29, 1.82) is 5.26 Å². The summed E-state index contributed by atoms with van der Waals surface area (Å²) < 4.78 is 0.877. The fourth-order valence-corrected chi connectivity index (χ4v) is 1.58. The molecule has 2 N–H and O–H groups in total. The van der Waals surface area contributed by atoms with Crippen molar-refractivity contribution in [2.75, 3.05) is 0 Å². The topological polar surface area (TPSA) is 116 Å². The van der Waals surface area contributed by atoms with E-state index < -0.39 is 23.3 Å². The Bertz CT molecular complexity index is 606. The molecule has 0 aliphatic rings. The predicted octanol–water partition coefficient (Wildman–Crippen LogP) is 0.0801. The van der Waals surface area contributed by atoms with Crippen LogP contribution >= 0.6 is 0 Å². The van der Waals surface area contributed by atoms with E-state index in [1.165, 1.54) is 0 Å². The Morgan fingerprint density at radius 1 is 1.56 bits per heavy atom. The lowest BCUT2D eigenvalue weighted by Crippen LogP contribution is -2.36. The molecular formula is C11H13N3O4. The van der Waals surface area contributed by atoms with Crippen LogP contribution in [-0.4, -0.2) is 20.6 Å². The number of aromatic nitrogens is 2. The fraction of sp³-hybridized carbons (Fsp3) is 0.455. The Kier molecular flexibility index (Phi) is 4.05. The number of carboxylic acids is 1. The van der Waals surface area contributed by atoms with E-state index in [0.717, 1.165) is 10.8 Å². The normalized spacial score (nSPS) is 12.1. The summed E-state index contributed by atoms with van der Waals surface area (Å²) in [4.78, 5) is 35.8. The number of hydrogen-bond donors (Lipinski definition) is 2. The maximum atomic E-state index is 11.6. The molecule has 0 amide bonds. The summed E-state index contributed by atoms with van der Waals surface area (Å²) in [5, 5.41) is 17.8. The number of carbonyl (C=O) groups is 1. The van der Waals surface area contributed by atoms with E-state index in [2.05, 4.69) is 0 Å². The van der Waals surface area contributed by atoms with Gasteiger partial charge in [0.15, 0.2) is 0 Å². The summed E-state index contributed by atoms with van der Waals surface area (Å²) in [6, 6.07) is 0.518. The van der Waals surface area contributed by atoms with Crippen LogP contribution in [-0.2, 0) is 4.79 Å². The monoisotopic (exact) mass is 251 g/mol. The van der Waals surface area contributed by atoms with Crippen LogP contribution in [0.4, 0.5) is 0 Å². The van der Waals surface area contributed by atoms with Gasteiger partial charge in [-0.2, -0.15) is 5.26 Å². The van der Waals surface area contributed by atoms with Gasteiger partial charge in [0.25, 0.3) is 5.56 Å². The molecule has 0 radical (unpaired) electrons. The van der Waals surface area contributed by atoms with Gasteiger partial charge in [0.05, 0.1) is 0 Å². The first kappa shape index (κ1) is 13.7. The second kappa shape index (κ2) is 5.31. The van der Waals surface area contributed by atoms with Gasteiger partial charge in [-0.1, -0.05) is 13.8 Å². The van der Waals surface area contributed by atoms with Crippen LogP contribution in [0.25, 0.3) is 0 Å². The molecule has 0 fully saturated rings. The van der Waals surface area contributed by atoms with Crippen LogP contribution in [0.2, 0.25) is 0 Å². The van der Waals surface area contributed by atoms with Crippen molar-refractivity contribution in [3.05, 3.63) is 32.6 Å². The highest BCUT2D eigenvalue weighted by molar-refractivity contribution is 5.71. The lowest BCUT2D eigenvalue weighted by molar-refractivity contribution is -0.141. The first-order valence-electron chi connectivity index (χ1n) is 5.35. The van der Waals surface area contributed by atoms with Gasteiger partial charge in [-0.3, -0.25) is 14.3 Å². The Balaban J connectivity index is 3.38. The molecule has 0 aliphatic heterocycles. The van der Waals surface area contributed by atoms with E-state index in [-0.39, 0.29) is 17.9 Å². The summed E-state index contributed by atoms with van der Waals surface area (Å²) in [6.07, 6.45) is 1.22. The molecule has 7 heteroatoms. The molecule has 1 rings (SSSR count). The van der Waals surface area contributed by atoms with Gasteiger partial charge in [-0.25, -0.2) is 9.59 Å². The SMILES string of the molecule is CC(C)C[C@H](C(=O)O)n1cc(C#N)c(=O)[nH]c1=O. The maximum Gasteiger partial charge on any atom is 0.329 e. The molecular weight excluding hydrogens is 238 g/mol. The van der Waals surface area contributed by atoms with E-state index in [9.17, 15) is 14.4 Å². The average Bonchev–Trinajstić information content (AvgIpc) is 2.26. The number of aromatic amines is 1. The van der Waals surface area contributed by atoms with Crippen molar-refractivity contribution >= 4 is 5.97 Å². The number of aliphatic carboxylic acids is 1. The van der Waals surface area contributed by atoms with Crippen LogP contribution in [0.3, 0.4) is 0 Å². The Morgan fingerprint density at radius 2 is 2.17 bits per heavy atom. The Morgan fingerprint density at radius 3 is 2.61 bits per heavy atom. The third kappa shape index (κ3) is 2.85. The van der Waals surface area contributed by atoms with Crippen LogP contribution in [0.1, 0.15) is 31.9 Å². The molecule has 0 aliphatic carbocycles. The van der Waals surface area contributed by atoms with Gasteiger partial charge in [-0.15, -0.1) is 0 Å². The van der Waals surface area contributed by atoms with Crippen molar-refractivity contribution in [3.63, 3.8) is 0 Å². The highest BCUT2D eigenvalue weighted by atomic mass is 16.4. The van der Waals surface area contributed by atoms with Gasteiger partial charge in [-0.05, 0) is 12.3 Å².